The molecule has 0 fully saturated rings. The van der Waals surface area contributed by atoms with Crippen molar-refractivity contribution < 1.29 is 8.81 Å². The molecule has 0 aliphatic carbocycles. The summed E-state index contributed by atoms with van der Waals surface area (Å²) in [5, 5.41) is 12.2. The van der Waals surface area contributed by atoms with Crippen LogP contribution < -0.4 is 0 Å². The van der Waals surface area contributed by atoms with Crippen LogP contribution in [0.5, 0.6) is 0 Å². The first-order chi connectivity index (χ1) is 11.6. The Labute approximate surface area is 140 Å². The van der Waals surface area contributed by atoms with E-state index in [0.717, 1.165) is 22.2 Å². The van der Waals surface area contributed by atoms with Gasteiger partial charge in [-0.1, -0.05) is 17.7 Å². The third kappa shape index (κ3) is 2.63. The molecule has 8 heteroatoms. The Balaban J connectivity index is 1.76. The minimum absolute atomic E-state index is 0.0717. The number of pyridine rings is 1. The molecule has 3 heterocycles. The van der Waals surface area contributed by atoms with Gasteiger partial charge in [0.2, 0.25) is 11.8 Å². The van der Waals surface area contributed by atoms with Crippen LogP contribution in [-0.2, 0) is 6.54 Å². The minimum Gasteiger partial charge on any atom is -0.424 e. The molecule has 0 amide bonds. The molecule has 24 heavy (non-hydrogen) atoms. The summed E-state index contributed by atoms with van der Waals surface area (Å²) < 4.78 is 20.5. The van der Waals surface area contributed by atoms with E-state index >= 15 is 0 Å². The van der Waals surface area contributed by atoms with Crippen LogP contribution in [-0.4, -0.2) is 25.0 Å². The van der Waals surface area contributed by atoms with Gasteiger partial charge in [0, 0.05) is 18.7 Å². The number of halogens is 2. The van der Waals surface area contributed by atoms with Gasteiger partial charge in [-0.2, -0.15) is 5.10 Å². The largest absolute Gasteiger partial charge is 0.424 e. The van der Waals surface area contributed by atoms with Crippen molar-refractivity contribution in [3.63, 3.8) is 0 Å². The lowest BCUT2D eigenvalue weighted by atomic mass is 10.1. The van der Waals surface area contributed by atoms with Crippen molar-refractivity contribution in [2.45, 2.75) is 13.5 Å². The number of rotatable bonds is 3. The summed E-state index contributed by atoms with van der Waals surface area (Å²) in [5.41, 5.74) is 3.14. The predicted octanol–water partition coefficient (Wildman–Crippen LogP) is 3.63. The molecule has 0 aliphatic heterocycles. The summed E-state index contributed by atoms with van der Waals surface area (Å²) in [6.07, 6.45) is 3.37. The molecule has 1 aromatic carbocycles. The summed E-state index contributed by atoms with van der Waals surface area (Å²) in [6, 6.07) is 6.48. The van der Waals surface area contributed by atoms with Gasteiger partial charge in [-0.15, -0.1) is 10.2 Å². The van der Waals surface area contributed by atoms with Crippen molar-refractivity contribution in [3.8, 4) is 11.1 Å². The van der Waals surface area contributed by atoms with E-state index in [1.807, 2.05) is 6.07 Å². The van der Waals surface area contributed by atoms with Gasteiger partial charge in [0.15, 0.2) is 0 Å². The highest BCUT2D eigenvalue weighted by molar-refractivity contribution is 6.31. The molecule has 3 aromatic heterocycles. The van der Waals surface area contributed by atoms with Crippen LogP contribution in [0.3, 0.4) is 0 Å². The molecule has 4 aromatic rings. The van der Waals surface area contributed by atoms with Crippen LogP contribution in [0, 0.1) is 12.7 Å². The standard InChI is InChI=1S/C16H11ClFN5O/c1-9-21-22-16(24-9)8-23-15-5-11(6-19-14(15)7-20-23)10-2-3-13(18)12(17)4-10/h2-7H,8H2,1H3. The Morgan fingerprint density at radius 2 is 2.04 bits per heavy atom. The molecule has 0 saturated carbocycles. The molecule has 0 atom stereocenters. The van der Waals surface area contributed by atoms with Crippen LogP contribution in [0.1, 0.15) is 11.8 Å². The summed E-state index contributed by atoms with van der Waals surface area (Å²) in [5.74, 6) is 0.514. The predicted molar refractivity (Wildman–Crippen MR) is 86.1 cm³/mol. The van der Waals surface area contributed by atoms with Gasteiger partial charge in [0.05, 0.1) is 16.7 Å². The van der Waals surface area contributed by atoms with Crippen molar-refractivity contribution >= 4 is 22.6 Å². The first kappa shape index (κ1) is 14.8. The second-order valence-electron chi connectivity index (χ2n) is 5.27. The van der Waals surface area contributed by atoms with Gasteiger partial charge in [0.1, 0.15) is 17.9 Å². The number of hydrogen-bond acceptors (Lipinski definition) is 5. The normalized spacial score (nSPS) is 11.3. The fourth-order valence-corrected chi connectivity index (χ4v) is 2.63. The Kier molecular flexibility index (Phi) is 3.50. The molecule has 0 saturated heterocycles. The van der Waals surface area contributed by atoms with E-state index < -0.39 is 5.82 Å². The highest BCUT2D eigenvalue weighted by Gasteiger charge is 2.11. The zero-order valence-electron chi connectivity index (χ0n) is 12.6. The van der Waals surface area contributed by atoms with Gasteiger partial charge in [-0.05, 0) is 23.8 Å². The molecule has 0 bridgehead atoms. The van der Waals surface area contributed by atoms with Crippen LogP contribution in [0.15, 0.2) is 41.1 Å². The van der Waals surface area contributed by atoms with Crippen LogP contribution in [0.25, 0.3) is 22.2 Å². The van der Waals surface area contributed by atoms with E-state index in [1.165, 1.54) is 6.07 Å². The van der Waals surface area contributed by atoms with Crippen molar-refractivity contribution in [1.82, 2.24) is 25.0 Å². The van der Waals surface area contributed by atoms with Crippen LogP contribution in [0.2, 0.25) is 5.02 Å². The molecule has 120 valence electrons. The molecular weight excluding hydrogens is 333 g/mol. The third-order valence-electron chi connectivity index (χ3n) is 3.60. The molecule has 6 nitrogen and oxygen atoms in total. The van der Waals surface area contributed by atoms with Gasteiger partial charge in [0.25, 0.3) is 0 Å². The molecule has 0 spiro atoms. The van der Waals surface area contributed by atoms with E-state index in [2.05, 4.69) is 20.3 Å². The fourth-order valence-electron chi connectivity index (χ4n) is 2.45. The Hall–Kier alpha value is -2.80. The first-order valence-corrected chi connectivity index (χ1v) is 7.54. The maximum atomic E-state index is 13.3. The lowest BCUT2D eigenvalue weighted by molar-refractivity contribution is 0.447. The first-order valence-electron chi connectivity index (χ1n) is 7.16. The smallest absolute Gasteiger partial charge is 0.237 e. The van der Waals surface area contributed by atoms with Crippen LogP contribution >= 0.6 is 11.6 Å². The third-order valence-corrected chi connectivity index (χ3v) is 3.89. The van der Waals surface area contributed by atoms with Crippen molar-refractivity contribution in [2.24, 2.45) is 0 Å². The van der Waals surface area contributed by atoms with Crippen molar-refractivity contribution in [2.75, 3.05) is 0 Å². The van der Waals surface area contributed by atoms with Gasteiger partial charge in [-0.3, -0.25) is 9.67 Å². The van der Waals surface area contributed by atoms with Crippen molar-refractivity contribution in [1.29, 1.82) is 0 Å². The maximum absolute atomic E-state index is 13.3. The second kappa shape index (κ2) is 5.68. The molecular formula is C16H11ClFN5O. The number of aromatic nitrogens is 5. The Morgan fingerprint density at radius 3 is 2.79 bits per heavy atom. The van der Waals surface area contributed by atoms with Gasteiger partial charge < -0.3 is 4.42 Å². The molecule has 0 unspecified atom stereocenters. The minimum atomic E-state index is -0.453. The zero-order chi connectivity index (χ0) is 16.7. The lowest BCUT2D eigenvalue weighted by Gasteiger charge is -2.05. The SMILES string of the molecule is Cc1nnc(Cn2ncc3ncc(-c4ccc(F)c(Cl)c4)cc32)o1. The highest BCUT2D eigenvalue weighted by Crippen LogP contribution is 2.26. The Bertz CT molecular complexity index is 1040. The highest BCUT2D eigenvalue weighted by atomic mass is 35.5. The van der Waals surface area contributed by atoms with Gasteiger partial charge >= 0.3 is 0 Å². The van der Waals surface area contributed by atoms with Gasteiger partial charge in [-0.25, -0.2) is 4.39 Å². The molecule has 0 N–H and O–H groups in total. The number of aryl methyl sites for hydroxylation is 1. The van der Waals surface area contributed by atoms with E-state index in [1.54, 1.807) is 36.1 Å². The fraction of sp³-hybridized carbons (Fsp3) is 0.125. The summed E-state index contributed by atoms with van der Waals surface area (Å²) in [4.78, 5) is 4.39. The monoisotopic (exact) mass is 343 g/mol. The van der Waals surface area contributed by atoms with E-state index in [-0.39, 0.29) is 5.02 Å². The molecule has 0 aliphatic rings. The number of nitrogens with zero attached hydrogens (tertiary/aromatic N) is 5. The summed E-state index contributed by atoms with van der Waals surface area (Å²) in [6.45, 7) is 2.08. The zero-order valence-corrected chi connectivity index (χ0v) is 13.3. The molecule has 0 radical (unpaired) electrons. The topological polar surface area (TPSA) is 69.6 Å². The maximum Gasteiger partial charge on any atom is 0.237 e. The van der Waals surface area contributed by atoms with Crippen LogP contribution in [0.4, 0.5) is 4.39 Å². The van der Waals surface area contributed by atoms with E-state index in [0.29, 0.717) is 18.3 Å². The lowest BCUT2D eigenvalue weighted by Crippen LogP contribution is -2.02. The number of fused-ring (bicyclic) bond motifs is 1. The molecule has 4 rings (SSSR count). The quantitative estimate of drug-likeness (QED) is 0.568. The van der Waals surface area contributed by atoms with E-state index in [4.69, 9.17) is 16.0 Å². The second-order valence-corrected chi connectivity index (χ2v) is 5.68. The van der Waals surface area contributed by atoms with E-state index in [9.17, 15) is 4.39 Å². The Morgan fingerprint density at radius 1 is 1.17 bits per heavy atom. The summed E-state index contributed by atoms with van der Waals surface area (Å²) in [7, 11) is 0. The number of hydrogen-bond donors (Lipinski definition) is 0. The summed E-state index contributed by atoms with van der Waals surface area (Å²) >= 11 is 5.86. The van der Waals surface area contributed by atoms with Crippen molar-refractivity contribution in [3.05, 3.63) is 59.3 Å². The average Bonchev–Trinajstić information content (AvgIpc) is 3.16. The average molecular weight is 344 g/mol. The number of benzene rings is 1.